The van der Waals surface area contributed by atoms with E-state index < -0.39 is 0 Å². The molecule has 1 aliphatic carbocycles. The standard InChI is InChI=1S/C12H25N/c1-4-8-13-12(5-2)10(3)9-11-6-7-11/h10-13H,4-9H2,1-3H3. The highest BCUT2D eigenvalue weighted by Gasteiger charge is 2.26. The summed E-state index contributed by atoms with van der Waals surface area (Å²) in [5.41, 5.74) is 0. The van der Waals surface area contributed by atoms with Crippen molar-refractivity contribution in [1.82, 2.24) is 5.32 Å². The molecule has 1 saturated carbocycles. The van der Waals surface area contributed by atoms with E-state index in [0.29, 0.717) is 0 Å². The van der Waals surface area contributed by atoms with Gasteiger partial charge in [-0.15, -0.1) is 0 Å². The van der Waals surface area contributed by atoms with Crippen molar-refractivity contribution in [2.45, 2.75) is 58.9 Å². The zero-order chi connectivity index (χ0) is 9.68. The van der Waals surface area contributed by atoms with E-state index in [0.717, 1.165) is 17.9 Å². The fraction of sp³-hybridized carbons (Fsp3) is 1.00. The number of hydrogen-bond donors (Lipinski definition) is 1. The molecule has 0 aromatic carbocycles. The van der Waals surface area contributed by atoms with E-state index in [9.17, 15) is 0 Å². The first-order valence-electron chi connectivity index (χ1n) is 6.01. The van der Waals surface area contributed by atoms with Crippen molar-refractivity contribution in [2.24, 2.45) is 11.8 Å². The summed E-state index contributed by atoms with van der Waals surface area (Å²) in [6.07, 6.45) is 6.98. The maximum atomic E-state index is 3.65. The molecule has 0 amide bonds. The van der Waals surface area contributed by atoms with Gasteiger partial charge in [0.05, 0.1) is 0 Å². The molecule has 1 nitrogen and oxygen atoms in total. The van der Waals surface area contributed by atoms with E-state index in [4.69, 9.17) is 0 Å². The zero-order valence-electron chi connectivity index (χ0n) is 9.47. The first-order valence-corrected chi connectivity index (χ1v) is 6.01. The van der Waals surface area contributed by atoms with Gasteiger partial charge in [0.15, 0.2) is 0 Å². The Morgan fingerprint density at radius 3 is 2.46 bits per heavy atom. The van der Waals surface area contributed by atoms with Crippen molar-refractivity contribution in [3.05, 3.63) is 0 Å². The van der Waals surface area contributed by atoms with Crippen LogP contribution in [0.15, 0.2) is 0 Å². The fourth-order valence-electron chi connectivity index (χ4n) is 2.12. The Kier molecular flexibility index (Phi) is 4.79. The summed E-state index contributed by atoms with van der Waals surface area (Å²) in [4.78, 5) is 0. The van der Waals surface area contributed by atoms with Crippen LogP contribution in [-0.4, -0.2) is 12.6 Å². The molecule has 2 atom stereocenters. The normalized spacial score (nSPS) is 21.5. The van der Waals surface area contributed by atoms with Gasteiger partial charge in [-0.1, -0.05) is 33.6 Å². The first-order chi connectivity index (χ1) is 6.27. The summed E-state index contributed by atoms with van der Waals surface area (Å²) in [6.45, 7) is 8.14. The van der Waals surface area contributed by atoms with Gasteiger partial charge in [-0.3, -0.25) is 0 Å². The third kappa shape index (κ3) is 4.12. The Labute approximate surface area is 83.3 Å². The minimum Gasteiger partial charge on any atom is -0.314 e. The third-order valence-corrected chi connectivity index (χ3v) is 3.19. The monoisotopic (exact) mass is 183 g/mol. The lowest BCUT2D eigenvalue weighted by atomic mass is 9.94. The minimum absolute atomic E-state index is 0.764. The van der Waals surface area contributed by atoms with Crippen molar-refractivity contribution in [3.63, 3.8) is 0 Å². The van der Waals surface area contributed by atoms with E-state index in [1.807, 2.05) is 0 Å². The highest BCUT2D eigenvalue weighted by Crippen LogP contribution is 2.36. The first kappa shape index (κ1) is 11.0. The summed E-state index contributed by atoms with van der Waals surface area (Å²) in [5, 5.41) is 3.65. The molecule has 0 bridgehead atoms. The van der Waals surface area contributed by atoms with Crippen LogP contribution in [0.4, 0.5) is 0 Å². The molecular weight excluding hydrogens is 158 g/mol. The highest BCUT2D eigenvalue weighted by molar-refractivity contribution is 4.80. The van der Waals surface area contributed by atoms with Gasteiger partial charge < -0.3 is 5.32 Å². The van der Waals surface area contributed by atoms with Gasteiger partial charge in [0, 0.05) is 6.04 Å². The number of hydrogen-bond acceptors (Lipinski definition) is 1. The van der Waals surface area contributed by atoms with Gasteiger partial charge in [-0.25, -0.2) is 0 Å². The molecule has 1 aliphatic rings. The molecule has 78 valence electrons. The largest absolute Gasteiger partial charge is 0.314 e. The Morgan fingerprint density at radius 2 is 2.00 bits per heavy atom. The fourth-order valence-corrected chi connectivity index (χ4v) is 2.12. The molecule has 0 aliphatic heterocycles. The molecule has 1 fully saturated rings. The smallest absolute Gasteiger partial charge is 0.00901 e. The van der Waals surface area contributed by atoms with Gasteiger partial charge in [0.25, 0.3) is 0 Å². The summed E-state index contributed by atoms with van der Waals surface area (Å²) >= 11 is 0. The van der Waals surface area contributed by atoms with Crippen LogP contribution in [0.2, 0.25) is 0 Å². The van der Waals surface area contributed by atoms with Gasteiger partial charge in [-0.2, -0.15) is 0 Å². The van der Waals surface area contributed by atoms with Crippen molar-refractivity contribution in [2.75, 3.05) is 6.54 Å². The average Bonchev–Trinajstić information content (AvgIpc) is 2.90. The molecule has 1 rings (SSSR count). The van der Waals surface area contributed by atoms with Crippen molar-refractivity contribution >= 4 is 0 Å². The molecule has 0 heterocycles. The molecule has 2 unspecified atom stereocenters. The summed E-state index contributed by atoms with van der Waals surface area (Å²) in [5.74, 6) is 1.96. The lowest BCUT2D eigenvalue weighted by Gasteiger charge is -2.23. The summed E-state index contributed by atoms with van der Waals surface area (Å²) in [6, 6.07) is 0.764. The second-order valence-electron chi connectivity index (χ2n) is 4.63. The van der Waals surface area contributed by atoms with Gasteiger partial charge in [0.2, 0.25) is 0 Å². The molecule has 0 aromatic heterocycles. The van der Waals surface area contributed by atoms with Crippen molar-refractivity contribution < 1.29 is 0 Å². The molecule has 0 radical (unpaired) electrons. The molecule has 13 heavy (non-hydrogen) atoms. The van der Waals surface area contributed by atoms with Crippen LogP contribution in [0.1, 0.15) is 52.9 Å². The van der Waals surface area contributed by atoms with Crippen molar-refractivity contribution in [1.29, 1.82) is 0 Å². The second-order valence-corrected chi connectivity index (χ2v) is 4.63. The predicted molar refractivity (Wildman–Crippen MR) is 58.9 cm³/mol. The number of nitrogens with one attached hydrogen (secondary N) is 1. The average molecular weight is 183 g/mol. The van der Waals surface area contributed by atoms with E-state index in [-0.39, 0.29) is 0 Å². The van der Waals surface area contributed by atoms with Crippen LogP contribution in [0.3, 0.4) is 0 Å². The Bertz CT molecular complexity index is 129. The lowest BCUT2D eigenvalue weighted by Crippen LogP contribution is -2.35. The molecule has 1 N–H and O–H groups in total. The highest BCUT2D eigenvalue weighted by atomic mass is 14.9. The Balaban J connectivity index is 2.17. The van der Waals surface area contributed by atoms with Crippen LogP contribution in [0.5, 0.6) is 0 Å². The van der Waals surface area contributed by atoms with Crippen LogP contribution in [0.25, 0.3) is 0 Å². The Hall–Kier alpha value is -0.0400. The molecule has 0 spiro atoms. The van der Waals surface area contributed by atoms with E-state index >= 15 is 0 Å². The van der Waals surface area contributed by atoms with E-state index in [2.05, 4.69) is 26.1 Å². The summed E-state index contributed by atoms with van der Waals surface area (Å²) in [7, 11) is 0. The van der Waals surface area contributed by atoms with Gasteiger partial charge in [0.1, 0.15) is 0 Å². The molecule has 0 saturated heterocycles. The SMILES string of the molecule is CCCNC(CC)C(C)CC1CC1. The summed E-state index contributed by atoms with van der Waals surface area (Å²) < 4.78 is 0. The maximum absolute atomic E-state index is 3.65. The minimum atomic E-state index is 0.764. The zero-order valence-corrected chi connectivity index (χ0v) is 9.47. The van der Waals surface area contributed by atoms with Gasteiger partial charge >= 0.3 is 0 Å². The van der Waals surface area contributed by atoms with Crippen LogP contribution >= 0.6 is 0 Å². The maximum Gasteiger partial charge on any atom is 0.00901 e. The van der Waals surface area contributed by atoms with Crippen LogP contribution < -0.4 is 5.32 Å². The third-order valence-electron chi connectivity index (χ3n) is 3.19. The van der Waals surface area contributed by atoms with Crippen LogP contribution in [0, 0.1) is 11.8 Å². The molecule has 1 heteroatoms. The molecular formula is C12H25N. The van der Waals surface area contributed by atoms with Gasteiger partial charge in [-0.05, 0) is 37.6 Å². The predicted octanol–water partition coefficient (Wildman–Crippen LogP) is 3.20. The lowest BCUT2D eigenvalue weighted by molar-refractivity contribution is 0.336. The van der Waals surface area contributed by atoms with E-state index in [1.165, 1.54) is 38.6 Å². The molecule has 0 aromatic rings. The quantitative estimate of drug-likeness (QED) is 0.639. The van der Waals surface area contributed by atoms with E-state index in [1.54, 1.807) is 0 Å². The van der Waals surface area contributed by atoms with Crippen molar-refractivity contribution in [3.8, 4) is 0 Å². The second kappa shape index (κ2) is 5.64. The van der Waals surface area contributed by atoms with Crippen LogP contribution in [-0.2, 0) is 0 Å². The topological polar surface area (TPSA) is 12.0 Å². The Morgan fingerprint density at radius 1 is 1.31 bits per heavy atom. The number of rotatable bonds is 7.